The van der Waals surface area contributed by atoms with E-state index in [2.05, 4.69) is 20.7 Å². The molecule has 1 aliphatic rings. The fourth-order valence-electron chi connectivity index (χ4n) is 2.22. The monoisotopic (exact) mass is 396 g/mol. The number of carbonyl (C=O) groups excluding carboxylic acids is 1. The maximum atomic E-state index is 12.5. The number of carbonyl (C=O) groups is 1. The Morgan fingerprint density at radius 3 is 2.43 bits per heavy atom. The van der Waals surface area contributed by atoms with Gasteiger partial charge in [-0.1, -0.05) is 28.1 Å². The molecule has 1 N–H and O–H groups in total. The van der Waals surface area contributed by atoms with Crippen molar-refractivity contribution < 1.29 is 17.9 Å². The molecule has 1 aliphatic heterocycles. The number of hydrogen-bond acceptors (Lipinski definition) is 4. The van der Waals surface area contributed by atoms with E-state index in [4.69, 9.17) is 4.74 Å². The molecular formula is C15H13BrN2O4S. The highest BCUT2D eigenvalue weighted by molar-refractivity contribution is 9.10. The molecule has 0 aromatic heterocycles. The van der Waals surface area contributed by atoms with Gasteiger partial charge in [0.25, 0.3) is 10.0 Å². The average molecular weight is 397 g/mol. The molecule has 6 nitrogen and oxygen atoms in total. The minimum atomic E-state index is -3.75. The Labute approximate surface area is 142 Å². The first kappa shape index (κ1) is 15.8. The second-order valence-electron chi connectivity index (χ2n) is 4.84. The van der Waals surface area contributed by atoms with E-state index in [1.165, 1.54) is 17.0 Å². The van der Waals surface area contributed by atoms with Crippen LogP contribution in [-0.2, 0) is 14.8 Å². The third-order valence-corrected chi connectivity index (χ3v) is 5.23. The molecule has 8 heteroatoms. The van der Waals surface area contributed by atoms with Gasteiger partial charge in [-0.2, -0.15) is 0 Å². The first-order valence-electron chi connectivity index (χ1n) is 6.79. The summed E-state index contributed by atoms with van der Waals surface area (Å²) in [5, 5.41) is 0. The predicted octanol–water partition coefficient (Wildman–Crippen LogP) is 3.21. The molecule has 0 aliphatic carbocycles. The van der Waals surface area contributed by atoms with Crippen molar-refractivity contribution in [1.29, 1.82) is 0 Å². The summed E-state index contributed by atoms with van der Waals surface area (Å²) >= 11 is 3.27. The van der Waals surface area contributed by atoms with E-state index in [0.717, 1.165) is 4.47 Å². The number of para-hydroxylation sites is 2. The maximum absolute atomic E-state index is 12.5. The average Bonchev–Trinajstić information content (AvgIpc) is 2.94. The highest BCUT2D eigenvalue weighted by atomic mass is 79.9. The van der Waals surface area contributed by atoms with E-state index in [1.54, 1.807) is 36.4 Å². The zero-order valence-electron chi connectivity index (χ0n) is 11.9. The van der Waals surface area contributed by atoms with Crippen molar-refractivity contribution in [2.45, 2.75) is 4.90 Å². The molecule has 0 bridgehead atoms. The lowest BCUT2D eigenvalue weighted by Crippen LogP contribution is -2.25. The van der Waals surface area contributed by atoms with Crippen LogP contribution >= 0.6 is 15.9 Å². The summed E-state index contributed by atoms with van der Waals surface area (Å²) in [5.41, 5.74) is 0.796. The van der Waals surface area contributed by atoms with E-state index >= 15 is 0 Å². The van der Waals surface area contributed by atoms with Crippen LogP contribution in [0.2, 0.25) is 0 Å². The molecule has 0 atom stereocenters. The van der Waals surface area contributed by atoms with Gasteiger partial charge < -0.3 is 4.74 Å². The second-order valence-corrected chi connectivity index (χ2v) is 7.44. The van der Waals surface area contributed by atoms with Gasteiger partial charge in [0.15, 0.2) is 0 Å². The molecular weight excluding hydrogens is 384 g/mol. The lowest BCUT2D eigenvalue weighted by molar-refractivity contribution is 0.181. The number of nitrogens with zero attached hydrogens (tertiary/aromatic N) is 1. The zero-order chi connectivity index (χ0) is 16.4. The van der Waals surface area contributed by atoms with E-state index in [-0.39, 0.29) is 11.5 Å². The summed E-state index contributed by atoms with van der Waals surface area (Å²) in [6.07, 6.45) is -0.486. The van der Waals surface area contributed by atoms with Gasteiger partial charge in [0.1, 0.15) is 6.61 Å². The summed E-state index contributed by atoms with van der Waals surface area (Å²) in [7, 11) is -3.75. The number of ether oxygens (including phenoxy) is 1. The molecule has 0 unspecified atom stereocenters. The van der Waals surface area contributed by atoms with Crippen molar-refractivity contribution in [1.82, 2.24) is 0 Å². The Bertz CT molecular complexity index is 837. The molecule has 1 fully saturated rings. The summed E-state index contributed by atoms with van der Waals surface area (Å²) in [6.45, 7) is 0.669. The van der Waals surface area contributed by atoms with Crippen molar-refractivity contribution in [3.05, 3.63) is 53.0 Å². The van der Waals surface area contributed by atoms with Crippen LogP contribution in [0.1, 0.15) is 0 Å². The van der Waals surface area contributed by atoms with Crippen LogP contribution in [0.15, 0.2) is 57.9 Å². The second kappa shape index (κ2) is 6.21. The van der Waals surface area contributed by atoms with Crippen LogP contribution in [-0.4, -0.2) is 27.7 Å². The van der Waals surface area contributed by atoms with Gasteiger partial charge in [0.2, 0.25) is 0 Å². The van der Waals surface area contributed by atoms with Crippen LogP contribution < -0.4 is 9.62 Å². The van der Waals surface area contributed by atoms with Gasteiger partial charge in [0, 0.05) is 4.47 Å². The normalized spacial score (nSPS) is 14.7. The van der Waals surface area contributed by atoms with E-state index in [1.807, 2.05) is 0 Å². The Hall–Kier alpha value is -2.06. The molecule has 2 aromatic rings. The number of benzene rings is 2. The topological polar surface area (TPSA) is 75.7 Å². The van der Waals surface area contributed by atoms with Crippen molar-refractivity contribution in [3.8, 4) is 0 Å². The first-order chi connectivity index (χ1) is 11.0. The van der Waals surface area contributed by atoms with Gasteiger partial charge in [-0.15, -0.1) is 0 Å². The highest BCUT2D eigenvalue weighted by Crippen LogP contribution is 2.30. The van der Waals surface area contributed by atoms with Crippen LogP contribution in [0, 0.1) is 0 Å². The Morgan fingerprint density at radius 1 is 1.09 bits per heavy atom. The molecule has 3 rings (SSSR count). The standard InChI is InChI=1S/C15H13BrN2O4S/c16-11-5-7-12(8-6-11)23(20,21)17-13-3-1-2-4-14(13)18-9-10-22-15(18)19/h1-8,17H,9-10H2. The van der Waals surface area contributed by atoms with E-state index < -0.39 is 16.1 Å². The van der Waals surface area contributed by atoms with Crippen LogP contribution in [0.25, 0.3) is 0 Å². The highest BCUT2D eigenvalue weighted by Gasteiger charge is 2.27. The molecule has 23 heavy (non-hydrogen) atoms. The Morgan fingerprint density at radius 2 is 1.78 bits per heavy atom. The van der Waals surface area contributed by atoms with Crippen LogP contribution in [0.3, 0.4) is 0 Å². The number of amides is 1. The number of nitrogens with one attached hydrogen (secondary N) is 1. The SMILES string of the molecule is O=C1OCCN1c1ccccc1NS(=O)(=O)c1ccc(Br)cc1. The number of rotatable bonds is 4. The largest absolute Gasteiger partial charge is 0.447 e. The van der Waals surface area contributed by atoms with Crippen molar-refractivity contribution in [2.24, 2.45) is 0 Å². The molecule has 1 saturated heterocycles. The quantitative estimate of drug-likeness (QED) is 0.860. The summed E-state index contributed by atoms with van der Waals surface area (Å²) in [6, 6.07) is 13.0. The number of sulfonamides is 1. The number of halogens is 1. The van der Waals surface area contributed by atoms with Crippen molar-refractivity contribution in [2.75, 3.05) is 22.8 Å². The van der Waals surface area contributed by atoms with E-state index in [0.29, 0.717) is 17.9 Å². The van der Waals surface area contributed by atoms with Crippen LogP contribution in [0.4, 0.5) is 16.2 Å². The lowest BCUT2D eigenvalue weighted by atomic mass is 10.2. The van der Waals surface area contributed by atoms with Crippen molar-refractivity contribution >= 4 is 43.4 Å². The smallest absolute Gasteiger partial charge is 0.414 e. The summed E-state index contributed by atoms with van der Waals surface area (Å²) < 4.78 is 33.2. The fourth-order valence-corrected chi connectivity index (χ4v) is 3.56. The number of cyclic esters (lactones) is 1. The lowest BCUT2D eigenvalue weighted by Gasteiger charge is -2.18. The minimum absolute atomic E-state index is 0.138. The number of anilines is 2. The summed E-state index contributed by atoms with van der Waals surface area (Å²) in [5.74, 6) is 0. The zero-order valence-corrected chi connectivity index (χ0v) is 14.3. The molecule has 2 aromatic carbocycles. The molecule has 0 spiro atoms. The third-order valence-electron chi connectivity index (χ3n) is 3.32. The molecule has 0 saturated carbocycles. The Kier molecular flexibility index (Phi) is 4.27. The summed E-state index contributed by atoms with van der Waals surface area (Å²) in [4.78, 5) is 13.3. The van der Waals surface area contributed by atoms with Crippen molar-refractivity contribution in [3.63, 3.8) is 0 Å². The number of hydrogen-bond donors (Lipinski definition) is 1. The van der Waals surface area contributed by atoms with E-state index in [9.17, 15) is 13.2 Å². The first-order valence-corrected chi connectivity index (χ1v) is 9.07. The molecule has 1 heterocycles. The van der Waals surface area contributed by atoms with Gasteiger partial charge in [0.05, 0.1) is 22.8 Å². The van der Waals surface area contributed by atoms with Gasteiger partial charge >= 0.3 is 6.09 Å². The predicted molar refractivity (Wildman–Crippen MR) is 90.1 cm³/mol. The minimum Gasteiger partial charge on any atom is -0.447 e. The van der Waals surface area contributed by atoms with Crippen LogP contribution in [0.5, 0.6) is 0 Å². The third kappa shape index (κ3) is 3.32. The van der Waals surface area contributed by atoms with Gasteiger partial charge in [-0.05, 0) is 36.4 Å². The maximum Gasteiger partial charge on any atom is 0.414 e. The van der Waals surface area contributed by atoms with Gasteiger partial charge in [-0.25, -0.2) is 13.2 Å². The molecule has 1 amide bonds. The van der Waals surface area contributed by atoms with Gasteiger partial charge in [-0.3, -0.25) is 9.62 Å². The Balaban J connectivity index is 1.94. The molecule has 0 radical (unpaired) electrons. The molecule has 120 valence electrons. The fraction of sp³-hybridized carbons (Fsp3) is 0.133.